The minimum Gasteiger partial charge on any atom is -0.493 e. The maximum absolute atomic E-state index is 12.1. The van der Waals surface area contributed by atoms with Crippen LogP contribution in [0.25, 0.3) is 0 Å². The van der Waals surface area contributed by atoms with Crippen LogP contribution in [-0.2, 0) is 13.1 Å². The van der Waals surface area contributed by atoms with Gasteiger partial charge in [0, 0.05) is 11.9 Å². The first-order chi connectivity index (χ1) is 8.72. The summed E-state index contributed by atoms with van der Waals surface area (Å²) >= 11 is 3.33. The predicted octanol–water partition coefficient (Wildman–Crippen LogP) is 2.19. The normalized spacial score (nSPS) is 10.7. The Hall–Kier alpha value is -1.49. The van der Waals surface area contributed by atoms with Gasteiger partial charge in [-0.2, -0.15) is 0 Å². The summed E-state index contributed by atoms with van der Waals surface area (Å²) in [4.78, 5) is 12.1. The van der Waals surface area contributed by atoms with Gasteiger partial charge in [0.2, 0.25) is 5.88 Å². The number of nitrogens with zero attached hydrogens (tertiary/aromatic N) is 2. The molecule has 0 fully saturated rings. The molecular formula is C13H15BrN2O2. The molecule has 0 aliphatic heterocycles. The lowest BCUT2D eigenvalue weighted by atomic mass is 10.2. The number of halogens is 1. The highest BCUT2D eigenvalue weighted by Crippen LogP contribution is 2.10. The molecular weight excluding hydrogens is 296 g/mol. The molecule has 0 unspecified atom stereocenters. The molecule has 2 rings (SSSR count). The Morgan fingerprint density at radius 1 is 1.22 bits per heavy atom. The fourth-order valence-electron chi connectivity index (χ4n) is 1.82. The molecule has 4 nitrogen and oxygen atoms in total. The Morgan fingerprint density at radius 2 is 1.94 bits per heavy atom. The van der Waals surface area contributed by atoms with Gasteiger partial charge in [0.05, 0.1) is 12.7 Å². The molecule has 0 aliphatic rings. The zero-order chi connectivity index (χ0) is 13.0. The summed E-state index contributed by atoms with van der Waals surface area (Å²) in [5.74, 6) is 0.0124. The second kappa shape index (κ2) is 5.91. The highest BCUT2D eigenvalue weighted by Gasteiger charge is 2.10. The Morgan fingerprint density at radius 3 is 2.61 bits per heavy atom. The molecule has 1 aromatic carbocycles. The molecule has 0 saturated heterocycles. The lowest BCUT2D eigenvalue weighted by Gasteiger charge is -2.02. The van der Waals surface area contributed by atoms with Crippen LogP contribution in [0.5, 0.6) is 5.88 Å². The van der Waals surface area contributed by atoms with E-state index in [2.05, 4.69) is 15.9 Å². The molecule has 1 aromatic heterocycles. The number of hydrogen-bond donors (Lipinski definition) is 1. The van der Waals surface area contributed by atoms with Gasteiger partial charge in [0.25, 0.3) is 0 Å². The molecule has 2 aromatic rings. The number of imidazole rings is 1. The summed E-state index contributed by atoms with van der Waals surface area (Å²) in [5.41, 5.74) is 0.824. The van der Waals surface area contributed by atoms with Crippen LogP contribution in [0.2, 0.25) is 0 Å². The molecule has 0 atom stereocenters. The fourth-order valence-corrected chi connectivity index (χ4v) is 2.07. The van der Waals surface area contributed by atoms with Crippen molar-refractivity contribution < 1.29 is 5.11 Å². The van der Waals surface area contributed by atoms with E-state index in [0.29, 0.717) is 13.1 Å². The third kappa shape index (κ3) is 2.85. The highest BCUT2D eigenvalue weighted by molar-refractivity contribution is 9.09. The maximum atomic E-state index is 12.1. The van der Waals surface area contributed by atoms with Crippen molar-refractivity contribution in [2.45, 2.75) is 19.5 Å². The van der Waals surface area contributed by atoms with E-state index in [-0.39, 0.29) is 11.6 Å². The van der Waals surface area contributed by atoms with E-state index in [1.54, 1.807) is 4.57 Å². The topological polar surface area (TPSA) is 47.2 Å². The molecule has 5 heteroatoms. The van der Waals surface area contributed by atoms with Crippen LogP contribution in [0.15, 0.2) is 41.3 Å². The summed E-state index contributed by atoms with van der Waals surface area (Å²) in [7, 11) is 0. The van der Waals surface area contributed by atoms with Crippen LogP contribution in [0.3, 0.4) is 0 Å². The van der Waals surface area contributed by atoms with Crippen molar-refractivity contribution in [3.8, 4) is 5.88 Å². The average molecular weight is 311 g/mol. The number of rotatable bonds is 5. The van der Waals surface area contributed by atoms with Crippen LogP contribution < -0.4 is 5.69 Å². The smallest absolute Gasteiger partial charge is 0.331 e. The summed E-state index contributed by atoms with van der Waals surface area (Å²) < 4.78 is 2.92. The first kappa shape index (κ1) is 13.0. The Balaban J connectivity index is 2.23. The molecule has 0 aliphatic carbocycles. The van der Waals surface area contributed by atoms with E-state index in [1.807, 2.05) is 30.3 Å². The van der Waals surface area contributed by atoms with Gasteiger partial charge in [-0.15, -0.1) is 0 Å². The Labute approximate surface area is 114 Å². The van der Waals surface area contributed by atoms with Crippen molar-refractivity contribution >= 4 is 15.9 Å². The van der Waals surface area contributed by atoms with Gasteiger partial charge in [-0.05, 0) is 12.0 Å². The van der Waals surface area contributed by atoms with Gasteiger partial charge >= 0.3 is 5.69 Å². The summed E-state index contributed by atoms with van der Waals surface area (Å²) in [6, 6.07) is 9.62. The maximum Gasteiger partial charge on any atom is 0.331 e. The lowest BCUT2D eigenvalue weighted by molar-refractivity contribution is 0.421. The lowest BCUT2D eigenvalue weighted by Crippen LogP contribution is -2.24. The average Bonchev–Trinajstić information content (AvgIpc) is 2.65. The quantitative estimate of drug-likeness (QED) is 0.861. The monoisotopic (exact) mass is 310 g/mol. The zero-order valence-corrected chi connectivity index (χ0v) is 11.5. The molecule has 0 radical (unpaired) electrons. The van der Waals surface area contributed by atoms with Gasteiger partial charge in [-0.1, -0.05) is 46.3 Å². The van der Waals surface area contributed by atoms with Gasteiger partial charge < -0.3 is 5.11 Å². The fraction of sp³-hybridized carbons (Fsp3) is 0.308. The molecule has 0 amide bonds. The van der Waals surface area contributed by atoms with E-state index in [0.717, 1.165) is 17.3 Å². The summed E-state index contributed by atoms with van der Waals surface area (Å²) in [5, 5.41) is 10.6. The van der Waals surface area contributed by atoms with Crippen molar-refractivity contribution in [3.63, 3.8) is 0 Å². The Kier molecular flexibility index (Phi) is 4.25. The second-order valence-corrected chi connectivity index (χ2v) is 4.87. The van der Waals surface area contributed by atoms with Gasteiger partial charge in [-0.25, -0.2) is 4.79 Å². The molecule has 1 N–H and O–H groups in total. The SMILES string of the molecule is O=c1n(CCCBr)cc(O)n1Cc1ccccc1. The van der Waals surface area contributed by atoms with E-state index < -0.39 is 0 Å². The number of hydrogen-bond acceptors (Lipinski definition) is 2. The number of aryl methyl sites for hydroxylation is 1. The molecule has 0 saturated carbocycles. The van der Waals surface area contributed by atoms with Crippen molar-refractivity contribution in [2.24, 2.45) is 0 Å². The van der Waals surface area contributed by atoms with Gasteiger partial charge in [0.1, 0.15) is 0 Å². The van der Waals surface area contributed by atoms with Crippen LogP contribution in [-0.4, -0.2) is 19.6 Å². The molecule has 1 heterocycles. The van der Waals surface area contributed by atoms with Gasteiger partial charge in [-0.3, -0.25) is 9.13 Å². The van der Waals surface area contributed by atoms with Crippen LogP contribution in [0.4, 0.5) is 0 Å². The standard InChI is InChI=1S/C13H15BrN2O2/c14-7-4-8-15-10-12(17)16(13(15)18)9-11-5-2-1-3-6-11/h1-3,5-6,10,17H,4,7-9H2. The van der Waals surface area contributed by atoms with Crippen LogP contribution in [0, 0.1) is 0 Å². The van der Waals surface area contributed by atoms with E-state index >= 15 is 0 Å². The van der Waals surface area contributed by atoms with E-state index in [1.165, 1.54) is 10.8 Å². The third-order valence-electron chi connectivity index (χ3n) is 2.74. The van der Waals surface area contributed by atoms with E-state index in [4.69, 9.17) is 0 Å². The Bertz CT molecular complexity index is 560. The number of benzene rings is 1. The molecule has 0 bridgehead atoms. The largest absolute Gasteiger partial charge is 0.493 e. The van der Waals surface area contributed by atoms with E-state index in [9.17, 15) is 9.90 Å². The van der Waals surface area contributed by atoms with Crippen molar-refractivity contribution in [1.82, 2.24) is 9.13 Å². The third-order valence-corrected chi connectivity index (χ3v) is 3.30. The summed E-state index contributed by atoms with van der Waals surface area (Å²) in [6.07, 6.45) is 2.35. The molecule has 18 heavy (non-hydrogen) atoms. The molecule has 96 valence electrons. The number of aromatic hydroxyl groups is 1. The second-order valence-electron chi connectivity index (χ2n) is 4.08. The van der Waals surface area contributed by atoms with Crippen molar-refractivity contribution in [2.75, 3.05) is 5.33 Å². The molecule has 0 spiro atoms. The predicted molar refractivity (Wildman–Crippen MR) is 74.3 cm³/mol. The van der Waals surface area contributed by atoms with Gasteiger partial charge in [0.15, 0.2) is 0 Å². The van der Waals surface area contributed by atoms with Crippen LogP contribution in [0.1, 0.15) is 12.0 Å². The van der Waals surface area contributed by atoms with Crippen LogP contribution >= 0.6 is 15.9 Å². The number of aromatic nitrogens is 2. The zero-order valence-electron chi connectivity index (χ0n) is 9.92. The van der Waals surface area contributed by atoms with Crippen molar-refractivity contribution in [1.29, 1.82) is 0 Å². The highest BCUT2D eigenvalue weighted by atomic mass is 79.9. The first-order valence-electron chi connectivity index (χ1n) is 5.81. The summed E-state index contributed by atoms with van der Waals surface area (Å²) in [6.45, 7) is 1.01. The minimum absolute atomic E-state index is 0.0124. The number of alkyl halides is 1. The van der Waals surface area contributed by atoms with Crippen molar-refractivity contribution in [3.05, 3.63) is 52.6 Å². The first-order valence-corrected chi connectivity index (χ1v) is 6.93. The minimum atomic E-state index is -0.169.